The number of ether oxygens (including phenoxy) is 1. The topological polar surface area (TPSA) is 38.3 Å². The molecule has 1 atom stereocenters. The lowest BCUT2D eigenvalue weighted by Gasteiger charge is -2.18. The third-order valence-corrected chi connectivity index (χ3v) is 3.76. The second-order valence-electron chi connectivity index (χ2n) is 5.10. The number of benzene rings is 1. The van der Waals surface area contributed by atoms with E-state index >= 15 is 0 Å². The summed E-state index contributed by atoms with van der Waals surface area (Å²) >= 11 is 5.90. The highest BCUT2D eigenvalue weighted by molar-refractivity contribution is 6.30. The van der Waals surface area contributed by atoms with Crippen molar-refractivity contribution in [3.63, 3.8) is 0 Å². The molecule has 1 amide bonds. The molecule has 0 saturated heterocycles. The number of carbonyl (C=O) groups is 1. The van der Waals surface area contributed by atoms with Gasteiger partial charge in [-0.3, -0.25) is 4.79 Å². The number of aryl methyl sites for hydroxylation is 1. The van der Waals surface area contributed by atoms with E-state index < -0.39 is 6.10 Å². The molecule has 0 aliphatic carbocycles. The maximum Gasteiger partial charge on any atom is 0.260 e. The summed E-state index contributed by atoms with van der Waals surface area (Å²) in [5, 5.41) is 3.61. The Morgan fingerprint density at radius 3 is 2.55 bits per heavy atom. The number of halogens is 1. The molecule has 20 heavy (non-hydrogen) atoms. The highest BCUT2D eigenvalue weighted by atomic mass is 35.5. The van der Waals surface area contributed by atoms with Crippen LogP contribution in [0.3, 0.4) is 0 Å². The molecule has 0 spiro atoms. The lowest BCUT2D eigenvalue weighted by Crippen LogP contribution is -2.38. The fourth-order valence-electron chi connectivity index (χ4n) is 1.96. The van der Waals surface area contributed by atoms with E-state index in [2.05, 4.69) is 19.2 Å². The monoisotopic (exact) mass is 297 g/mol. The first-order valence-electron chi connectivity index (χ1n) is 7.18. The minimum absolute atomic E-state index is 0.0775. The molecule has 1 unspecified atom stereocenters. The van der Waals surface area contributed by atoms with Crippen molar-refractivity contribution in [1.29, 1.82) is 0 Å². The van der Waals surface area contributed by atoms with Gasteiger partial charge in [0.15, 0.2) is 6.10 Å². The van der Waals surface area contributed by atoms with Crippen molar-refractivity contribution in [3.8, 4) is 5.75 Å². The molecule has 0 heterocycles. The van der Waals surface area contributed by atoms with Gasteiger partial charge in [0.05, 0.1) is 0 Å². The highest BCUT2D eigenvalue weighted by Crippen LogP contribution is 2.22. The Kier molecular flexibility index (Phi) is 6.86. The molecule has 1 rings (SSSR count). The van der Waals surface area contributed by atoms with Crippen LogP contribution in [0.5, 0.6) is 5.75 Å². The Labute approximate surface area is 126 Å². The van der Waals surface area contributed by atoms with Crippen molar-refractivity contribution < 1.29 is 9.53 Å². The number of rotatable bonds is 7. The van der Waals surface area contributed by atoms with Gasteiger partial charge in [-0.2, -0.15) is 0 Å². The summed E-state index contributed by atoms with van der Waals surface area (Å²) in [6, 6.07) is 5.38. The van der Waals surface area contributed by atoms with Crippen LogP contribution in [0.25, 0.3) is 0 Å². The first kappa shape index (κ1) is 16.8. The standard InChI is InChI=1S/C16H24ClNO2/c1-5-13(6-2)10-18-16(19)12(4)20-15-8-7-14(17)9-11(15)3/h7-9,12-13H,5-6,10H2,1-4H3,(H,18,19). The van der Waals surface area contributed by atoms with Gasteiger partial charge < -0.3 is 10.1 Å². The van der Waals surface area contributed by atoms with Crippen molar-refractivity contribution in [2.45, 2.75) is 46.6 Å². The van der Waals surface area contributed by atoms with Crippen LogP contribution >= 0.6 is 11.6 Å². The van der Waals surface area contributed by atoms with E-state index in [1.54, 1.807) is 19.1 Å². The molecule has 0 aliphatic heterocycles. The Balaban J connectivity index is 2.53. The van der Waals surface area contributed by atoms with E-state index in [0.717, 1.165) is 18.4 Å². The van der Waals surface area contributed by atoms with Gasteiger partial charge in [-0.05, 0) is 43.5 Å². The molecule has 3 nitrogen and oxygen atoms in total. The first-order chi connectivity index (χ1) is 9.47. The number of nitrogens with one attached hydrogen (secondary N) is 1. The second kappa shape index (κ2) is 8.15. The third-order valence-electron chi connectivity index (χ3n) is 3.53. The van der Waals surface area contributed by atoms with Crippen molar-refractivity contribution >= 4 is 17.5 Å². The van der Waals surface area contributed by atoms with Crippen LogP contribution in [0.4, 0.5) is 0 Å². The van der Waals surface area contributed by atoms with Crippen molar-refractivity contribution in [2.24, 2.45) is 5.92 Å². The zero-order valence-corrected chi connectivity index (χ0v) is 13.5. The lowest BCUT2D eigenvalue weighted by atomic mass is 10.0. The molecule has 0 radical (unpaired) electrons. The van der Waals surface area contributed by atoms with Crippen LogP contribution in [0.2, 0.25) is 5.02 Å². The average Bonchev–Trinajstić information content (AvgIpc) is 2.42. The second-order valence-corrected chi connectivity index (χ2v) is 5.53. The van der Waals surface area contributed by atoms with Crippen LogP contribution in [-0.4, -0.2) is 18.6 Å². The maximum absolute atomic E-state index is 12.0. The molecule has 0 fully saturated rings. The predicted molar refractivity (Wildman–Crippen MR) is 83.4 cm³/mol. The SMILES string of the molecule is CCC(CC)CNC(=O)C(C)Oc1ccc(Cl)cc1C. The normalized spacial score (nSPS) is 12.3. The molecule has 0 aliphatic rings. The highest BCUT2D eigenvalue weighted by Gasteiger charge is 2.16. The minimum atomic E-state index is -0.510. The number of carbonyl (C=O) groups excluding carboxylic acids is 1. The average molecular weight is 298 g/mol. The molecule has 0 aromatic heterocycles. The quantitative estimate of drug-likeness (QED) is 0.827. The van der Waals surface area contributed by atoms with Gasteiger partial charge in [-0.25, -0.2) is 0 Å². The van der Waals surface area contributed by atoms with Crippen LogP contribution < -0.4 is 10.1 Å². The molecule has 0 bridgehead atoms. The number of hydrogen-bond donors (Lipinski definition) is 1. The molecular formula is C16H24ClNO2. The van der Waals surface area contributed by atoms with Crippen LogP contribution in [0.15, 0.2) is 18.2 Å². The van der Waals surface area contributed by atoms with Gasteiger partial charge >= 0.3 is 0 Å². The summed E-state index contributed by atoms with van der Waals surface area (Å²) in [5.41, 5.74) is 0.928. The van der Waals surface area contributed by atoms with E-state index in [-0.39, 0.29) is 5.91 Å². The van der Waals surface area contributed by atoms with Crippen molar-refractivity contribution in [3.05, 3.63) is 28.8 Å². The molecule has 0 saturated carbocycles. The Hall–Kier alpha value is -1.22. The van der Waals surface area contributed by atoms with Gasteiger partial charge in [0, 0.05) is 11.6 Å². The predicted octanol–water partition coefficient (Wildman–Crippen LogP) is 3.97. The van der Waals surface area contributed by atoms with E-state index in [4.69, 9.17) is 16.3 Å². The van der Waals surface area contributed by atoms with E-state index in [1.165, 1.54) is 0 Å². The van der Waals surface area contributed by atoms with Gasteiger partial charge in [0.25, 0.3) is 5.91 Å². The minimum Gasteiger partial charge on any atom is -0.481 e. The fourth-order valence-corrected chi connectivity index (χ4v) is 2.18. The Bertz CT molecular complexity index is 444. The smallest absolute Gasteiger partial charge is 0.260 e. The van der Waals surface area contributed by atoms with Crippen molar-refractivity contribution in [1.82, 2.24) is 5.32 Å². The van der Waals surface area contributed by atoms with Crippen LogP contribution in [-0.2, 0) is 4.79 Å². The molecule has 1 N–H and O–H groups in total. The van der Waals surface area contributed by atoms with E-state index in [1.807, 2.05) is 13.0 Å². The van der Waals surface area contributed by atoms with E-state index in [9.17, 15) is 4.79 Å². The third kappa shape index (κ3) is 5.04. The molecule has 4 heteroatoms. The Morgan fingerprint density at radius 1 is 1.35 bits per heavy atom. The van der Waals surface area contributed by atoms with Gasteiger partial charge in [-0.1, -0.05) is 38.3 Å². The zero-order valence-electron chi connectivity index (χ0n) is 12.7. The molecule has 1 aromatic carbocycles. The maximum atomic E-state index is 12.0. The largest absolute Gasteiger partial charge is 0.481 e. The van der Waals surface area contributed by atoms with Crippen LogP contribution in [0.1, 0.15) is 39.2 Å². The van der Waals surface area contributed by atoms with Crippen LogP contribution in [0, 0.1) is 12.8 Å². The van der Waals surface area contributed by atoms with Gasteiger partial charge in [0.1, 0.15) is 5.75 Å². The van der Waals surface area contributed by atoms with Gasteiger partial charge in [0.2, 0.25) is 0 Å². The number of amides is 1. The summed E-state index contributed by atoms with van der Waals surface area (Å²) in [4.78, 5) is 12.0. The summed E-state index contributed by atoms with van der Waals surface area (Å²) < 4.78 is 5.69. The van der Waals surface area contributed by atoms with Gasteiger partial charge in [-0.15, -0.1) is 0 Å². The zero-order chi connectivity index (χ0) is 15.1. The first-order valence-corrected chi connectivity index (χ1v) is 7.56. The summed E-state index contributed by atoms with van der Waals surface area (Å²) in [6.45, 7) is 8.65. The summed E-state index contributed by atoms with van der Waals surface area (Å²) in [6.07, 6.45) is 1.63. The molecular weight excluding hydrogens is 274 g/mol. The molecule has 112 valence electrons. The fraction of sp³-hybridized carbons (Fsp3) is 0.562. The lowest BCUT2D eigenvalue weighted by molar-refractivity contribution is -0.127. The van der Waals surface area contributed by atoms with E-state index in [0.29, 0.717) is 23.2 Å². The van der Waals surface area contributed by atoms with Crippen molar-refractivity contribution in [2.75, 3.05) is 6.54 Å². The summed E-state index contributed by atoms with van der Waals surface area (Å²) in [7, 11) is 0. The summed E-state index contributed by atoms with van der Waals surface area (Å²) in [5.74, 6) is 1.15. The number of hydrogen-bond acceptors (Lipinski definition) is 2. The Morgan fingerprint density at radius 2 is 2.00 bits per heavy atom. The molecule has 1 aromatic rings.